The molecule has 6 nitrogen and oxygen atoms in total. The van der Waals surface area contributed by atoms with Crippen molar-refractivity contribution >= 4 is 16.0 Å². The summed E-state index contributed by atoms with van der Waals surface area (Å²) in [7, 11) is -3.50. The molecule has 1 saturated heterocycles. The summed E-state index contributed by atoms with van der Waals surface area (Å²) in [6, 6.07) is 7.41. The zero-order chi connectivity index (χ0) is 16.2. The average Bonchev–Trinajstić information content (AvgIpc) is 2.55. The second-order valence-electron chi connectivity index (χ2n) is 5.17. The summed E-state index contributed by atoms with van der Waals surface area (Å²) < 4.78 is 31.3. The van der Waals surface area contributed by atoms with Crippen LogP contribution in [0, 0.1) is 11.3 Å². The number of nitrogens with zero attached hydrogens (tertiary/aromatic N) is 2. The van der Waals surface area contributed by atoms with Crippen molar-refractivity contribution in [2.45, 2.75) is 37.2 Å². The van der Waals surface area contributed by atoms with E-state index in [1.807, 2.05) is 0 Å². The Morgan fingerprint density at radius 3 is 2.36 bits per heavy atom. The van der Waals surface area contributed by atoms with Gasteiger partial charge < -0.3 is 4.74 Å². The first-order valence-electron chi connectivity index (χ1n) is 7.16. The lowest BCUT2D eigenvalue weighted by Gasteiger charge is -2.25. The molecule has 118 valence electrons. The summed E-state index contributed by atoms with van der Waals surface area (Å²) in [6.07, 6.45) is 1.95. The van der Waals surface area contributed by atoms with Gasteiger partial charge in [0.2, 0.25) is 10.0 Å². The number of carbonyl (C=O) groups excluding carboxylic acids is 1. The fourth-order valence-electron chi connectivity index (χ4n) is 2.27. The Morgan fingerprint density at radius 1 is 1.23 bits per heavy atom. The van der Waals surface area contributed by atoms with Crippen LogP contribution in [0.25, 0.3) is 0 Å². The van der Waals surface area contributed by atoms with Crippen LogP contribution in [0.1, 0.15) is 36.5 Å². The highest BCUT2D eigenvalue weighted by atomic mass is 32.2. The molecule has 22 heavy (non-hydrogen) atoms. The Morgan fingerprint density at radius 2 is 1.82 bits per heavy atom. The van der Waals surface area contributed by atoms with Crippen molar-refractivity contribution in [3.8, 4) is 6.07 Å². The van der Waals surface area contributed by atoms with E-state index in [2.05, 4.69) is 0 Å². The molecule has 2 rings (SSSR count). The summed E-state index contributed by atoms with van der Waals surface area (Å²) in [6.45, 7) is 2.53. The van der Waals surface area contributed by atoms with Crippen LogP contribution in [0.4, 0.5) is 0 Å². The number of nitriles is 1. The molecule has 0 N–H and O–H groups in total. The summed E-state index contributed by atoms with van der Waals surface area (Å²) in [4.78, 5) is 11.9. The number of sulfonamides is 1. The van der Waals surface area contributed by atoms with Gasteiger partial charge in [-0.15, -0.1) is 0 Å². The molecule has 0 radical (unpaired) electrons. The Bertz CT molecular complexity index is 670. The van der Waals surface area contributed by atoms with Gasteiger partial charge in [0.05, 0.1) is 10.5 Å². The highest BCUT2D eigenvalue weighted by molar-refractivity contribution is 7.89. The van der Waals surface area contributed by atoms with E-state index in [4.69, 9.17) is 10.00 Å². The predicted octanol–water partition coefficient (Wildman–Crippen LogP) is 1.93. The maximum Gasteiger partial charge on any atom is 0.339 e. The first kappa shape index (κ1) is 16.5. The second-order valence-corrected chi connectivity index (χ2v) is 7.10. The molecule has 0 spiro atoms. The molecule has 1 aromatic rings. The van der Waals surface area contributed by atoms with Gasteiger partial charge in [-0.1, -0.05) is 6.42 Å². The number of benzene rings is 1. The highest BCUT2D eigenvalue weighted by Crippen LogP contribution is 2.21. The van der Waals surface area contributed by atoms with E-state index in [0.29, 0.717) is 13.1 Å². The molecular formula is C15H18N2O4S. The molecule has 0 saturated carbocycles. The van der Waals surface area contributed by atoms with Crippen molar-refractivity contribution in [3.63, 3.8) is 0 Å². The normalized spacial score (nSPS) is 17.5. The molecule has 0 bridgehead atoms. The number of ether oxygens (including phenoxy) is 1. The van der Waals surface area contributed by atoms with Crippen LogP contribution >= 0.6 is 0 Å². The lowest BCUT2D eigenvalue weighted by Crippen LogP contribution is -2.35. The third-order valence-corrected chi connectivity index (χ3v) is 5.42. The van der Waals surface area contributed by atoms with Crippen LogP contribution in [-0.4, -0.2) is 37.9 Å². The van der Waals surface area contributed by atoms with Gasteiger partial charge in [0.1, 0.15) is 6.07 Å². The molecule has 7 heteroatoms. The van der Waals surface area contributed by atoms with E-state index in [9.17, 15) is 13.2 Å². The second kappa shape index (κ2) is 6.90. The first-order valence-corrected chi connectivity index (χ1v) is 8.60. The SMILES string of the molecule is C[C@H](C#N)OC(=O)c1ccc(S(=O)(=O)N2CCCCC2)cc1. The topological polar surface area (TPSA) is 87.5 Å². The minimum absolute atomic E-state index is 0.166. The Kier molecular flexibility index (Phi) is 5.16. The van der Waals surface area contributed by atoms with Crippen LogP contribution in [-0.2, 0) is 14.8 Å². The van der Waals surface area contributed by atoms with E-state index in [1.54, 1.807) is 6.07 Å². The van der Waals surface area contributed by atoms with Crippen molar-refractivity contribution in [1.82, 2.24) is 4.31 Å². The summed E-state index contributed by atoms with van der Waals surface area (Å²) in [5.41, 5.74) is 0.222. The van der Waals surface area contributed by atoms with Crippen molar-refractivity contribution in [3.05, 3.63) is 29.8 Å². The highest BCUT2D eigenvalue weighted by Gasteiger charge is 2.26. The van der Waals surface area contributed by atoms with Gasteiger partial charge in [0, 0.05) is 13.1 Å². The van der Waals surface area contributed by atoms with Gasteiger partial charge in [-0.05, 0) is 44.0 Å². The van der Waals surface area contributed by atoms with Crippen LogP contribution < -0.4 is 0 Å². The standard InChI is InChI=1S/C15H18N2O4S/c1-12(11-16)21-15(18)13-5-7-14(8-6-13)22(19,20)17-9-3-2-4-10-17/h5-8,12H,2-4,9-10H2,1H3/t12-/m1/s1. The van der Waals surface area contributed by atoms with Gasteiger partial charge >= 0.3 is 5.97 Å². The fourth-order valence-corrected chi connectivity index (χ4v) is 3.79. The molecular weight excluding hydrogens is 304 g/mol. The fraction of sp³-hybridized carbons (Fsp3) is 0.467. The van der Waals surface area contributed by atoms with E-state index in [1.165, 1.54) is 35.5 Å². The van der Waals surface area contributed by atoms with E-state index < -0.39 is 22.1 Å². The molecule has 1 aliphatic rings. The maximum absolute atomic E-state index is 12.5. The minimum atomic E-state index is -3.50. The van der Waals surface area contributed by atoms with Gasteiger partial charge in [-0.25, -0.2) is 13.2 Å². The third kappa shape index (κ3) is 3.64. The molecule has 0 aromatic heterocycles. The lowest BCUT2D eigenvalue weighted by molar-refractivity contribution is 0.0435. The Balaban J connectivity index is 2.14. The smallest absolute Gasteiger partial charge is 0.339 e. The van der Waals surface area contributed by atoms with E-state index >= 15 is 0 Å². The number of hydrogen-bond donors (Lipinski definition) is 0. The number of esters is 1. The number of carbonyl (C=O) groups is 1. The molecule has 1 heterocycles. The molecule has 0 amide bonds. The van der Waals surface area contributed by atoms with Crippen LogP contribution in [0.3, 0.4) is 0 Å². The summed E-state index contributed by atoms with van der Waals surface area (Å²) in [5.74, 6) is -0.643. The lowest BCUT2D eigenvalue weighted by atomic mass is 10.2. The van der Waals surface area contributed by atoms with Crippen LogP contribution in [0.5, 0.6) is 0 Å². The molecule has 0 unspecified atom stereocenters. The van der Waals surface area contributed by atoms with E-state index in [0.717, 1.165) is 19.3 Å². The van der Waals surface area contributed by atoms with Crippen LogP contribution in [0.2, 0.25) is 0 Å². The summed E-state index contributed by atoms with van der Waals surface area (Å²) in [5, 5.41) is 8.61. The molecule has 1 atom stereocenters. The first-order chi connectivity index (χ1) is 10.4. The quantitative estimate of drug-likeness (QED) is 0.790. The Hall–Kier alpha value is -1.91. The van der Waals surface area contributed by atoms with Gasteiger partial charge in [0.15, 0.2) is 6.10 Å². The largest absolute Gasteiger partial charge is 0.444 e. The van der Waals surface area contributed by atoms with Gasteiger partial charge in [0.25, 0.3) is 0 Å². The summed E-state index contributed by atoms with van der Waals surface area (Å²) >= 11 is 0. The van der Waals surface area contributed by atoms with E-state index in [-0.39, 0.29) is 10.5 Å². The number of piperidine rings is 1. The van der Waals surface area contributed by atoms with Gasteiger partial charge in [-0.2, -0.15) is 9.57 Å². The van der Waals surface area contributed by atoms with Crippen molar-refractivity contribution in [2.24, 2.45) is 0 Å². The monoisotopic (exact) mass is 322 g/mol. The molecule has 1 aliphatic heterocycles. The average molecular weight is 322 g/mol. The molecule has 1 aromatic carbocycles. The van der Waals surface area contributed by atoms with Gasteiger partial charge in [-0.3, -0.25) is 0 Å². The van der Waals surface area contributed by atoms with Crippen molar-refractivity contribution < 1.29 is 17.9 Å². The predicted molar refractivity (Wildman–Crippen MR) is 79.5 cm³/mol. The van der Waals surface area contributed by atoms with Crippen molar-refractivity contribution in [1.29, 1.82) is 5.26 Å². The number of rotatable bonds is 4. The minimum Gasteiger partial charge on any atom is -0.444 e. The number of hydrogen-bond acceptors (Lipinski definition) is 5. The molecule has 0 aliphatic carbocycles. The third-order valence-electron chi connectivity index (χ3n) is 3.51. The molecule has 1 fully saturated rings. The zero-order valence-corrected chi connectivity index (χ0v) is 13.2. The van der Waals surface area contributed by atoms with Crippen LogP contribution in [0.15, 0.2) is 29.2 Å². The Labute approximate surface area is 130 Å². The van der Waals surface area contributed by atoms with Crippen molar-refractivity contribution in [2.75, 3.05) is 13.1 Å². The zero-order valence-electron chi connectivity index (χ0n) is 12.4. The maximum atomic E-state index is 12.5.